The molecule has 0 saturated heterocycles. The maximum atomic E-state index is 6.10. The number of methoxy groups -OCH3 is 1. The van der Waals surface area contributed by atoms with Crippen LogP contribution in [-0.2, 0) is 6.61 Å². The minimum Gasteiger partial charge on any atom is -0.496 e. The lowest BCUT2D eigenvalue weighted by Crippen LogP contribution is -1.95. The molecule has 0 N–H and O–H groups in total. The van der Waals surface area contributed by atoms with Gasteiger partial charge in [-0.2, -0.15) is 4.98 Å². The van der Waals surface area contributed by atoms with Gasteiger partial charge in [-0.05, 0) is 60.2 Å². The molecular weight excluding hydrogens is 456 g/mol. The number of halogens is 2. The predicted octanol–water partition coefficient (Wildman–Crippen LogP) is 6.41. The third-order valence-corrected chi connectivity index (χ3v) is 4.99. The third-order valence-electron chi connectivity index (χ3n) is 4.22. The Morgan fingerprint density at radius 3 is 2.66 bits per heavy atom. The van der Waals surface area contributed by atoms with E-state index in [-0.39, 0.29) is 0 Å². The molecule has 0 radical (unpaired) electrons. The summed E-state index contributed by atoms with van der Waals surface area (Å²) in [5.74, 6) is 2.24. The molecule has 5 nitrogen and oxygen atoms in total. The van der Waals surface area contributed by atoms with Crippen molar-refractivity contribution < 1.29 is 14.0 Å². The highest BCUT2D eigenvalue weighted by atomic mass is 79.9. The molecule has 1 heterocycles. The second kappa shape index (κ2) is 8.68. The van der Waals surface area contributed by atoms with Gasteiger partial charge in [-0.1, -0.05) is 44.8 Å². The molecule has 0 aliphatic carbocycles. The Bertz CT molecular complexity index is 1130. The summed E-state index contributed by atoms with van der Waals surface area (Å²) in [6.45, 7) is 0.429. The summed E-state index contributed by atoms with van der Waals surface area (Å²) in [6.07, 6.45) is 0. The maximum Gasteiger partial charge on any atom is 0.258 e. The summed E-state index contributed by atoms with van der Waals surface area (Å²) in [5.41, 5.74) is 2.47. The molecule has 146 valence electrons. The van der Waals surface area contributed by atoms with E-state index < -0.39 is 0 Å². The maximum absolute atomic E-state index is 6.10. The van der Waals surface area contributed by atoms with Gasteiger partial charge in [0.2, 0.25) is 5.82 Å². The van der Waals surface area contributed by atoms with Crippen molar-refractivity contribution in [2.75, 3.05) is 7.11 Å². The molecule has 3 aromatic carbocycles. The normalized spacial score (nSPS) is 10.7. The van der Waals surface area contributed by atoms with E-state index in [1.54, 1.807) is 25.3 Å². The first-order valence-corrected chi connectivity index (χ1v) is 9.95. The summed E-state index contributed by atoms with van der Waals surface area (Å²) in [7, 11) is 1.59. The Morgan fingerprint density at radius 1 is 1.03 bits per heavy atom. The van der Waals surface area contributed by atoms with Gasteiger partial charge in [0.05, 0.1) is 12.7 Å². The van der Waals surface area contributed by atoms with Crippen molar-refractivity contribution >= 4 is 27.5 Å². The molecule has 7 heteroatoms. The van der Waals surface area contributed by atoms with Crippen LogP contribution in [-0.4, -0.2) is 17.3 Å². The number of hydrogen-bond donors (Lipinski definition) is 0. The molecule has 0 amide bonds. The van der Waals surface area contributed by atoms with E-state index in [0.29, 0.717) is 34.7 Å². The fraction of sp³-hybridized carbons (Fsp3) is 0.0909. The van der Waals surface area contributed by atoms with Crippen molar-refractivity contribution in [3.8, 4) is 34.3 Å². The van der Waals surface area contributed by atoms with Crippen molar-refractivity contribution in [3.05, 3.63) is 81.8 Å². The minimum absolute atomic E-state index is 0.410. The fourth-order valence-corrected chi connectivity index (χ4v) is 3.23. The van der Waals surface area contributed by atoms with Gasteiger partial charge in [-0.25, -0.2) is 0 Å². The van der Waals surface area contributed by atoms with E-state index in [0.717, 1.165) is 21.3 Å². The second-order valence-corrected chi connectivity index (χ2v) is 7.56. The van der Waals surface area contributed by atoms with Gasteiger partial charge in [0.1, 0.15) is 18.1 Å². The molecule has 0 aliphatic rings. The van der Waals surface area contributed by atoms with Crippen molar-refractivity contribution in [1.29, 1.82) is 0 Å². The van der Waals surface area contributed by atoms with Crippen molar-refractivity contribution in [2.24, 2.45) is 0 Å². The SMILES string of the molecule is COc1ccc(Cl)cc1-c1noc(-c2cccc(COc3ccc(Br)cc3)c2)n1. The molecule has 0 unspecified atom stereocenters. The standard InChI is InChI=1S/C22H16BrClN2O3/c1-27-20-10-7-17(24)12-19(20)21-25-22(29-26-21)15-4-2-3-14(11-15)13-28-18-8-5-16(23)6-9-18/h2-12H,13H2,1H3. The highest BCUT2D eigenvalue weighted by Gasteiger charge is 2.15. The van der Waals surface area contributed by atoms with Crippen LogP contribution >= 0.6 is 27.5 Å². The van der Waals surface area contributed by atoms with Gasteiger partial charge >= 0.3 is 0 Å². The lowest BCUT2D eigenvalue weighted by Gasteiger charge is -2.07. The molecule has 0 saturated carbocycles. The molecule has 0 aliphatic heterocycles. The Labute approximate surface area is 181 Å². The first-order chi connectivity index (χ1) is 14.1. The molecule has 4 aromatic rings. The lowest BCUT2D eigenvalue weighted by atomic mass is 10.1. The Kier molecular flexibility index (Phi) is 5.83. The Balaban J connectivity index is 1.55. The quantitative estimate of drug-likeness (QED) is 0.325. The van der Waals surface area contributed by atoms with E-state index in [1.807, 2.05) is 48.5 Å². The number of ether oxygens (including phenoxy) is 2. The average Bonchev–Trinajstić information content (AvgIpc) is 3.24. The van der Waals surface area contributed by atoms with E-state index in [2.05, 4.69) is 26.1 Å². The summed E-state index contributed by atoms with van der Waals surface area (Å²) in [5, 5.41) is 4.65. The molecule has 4 rings (SSSR count). The zero-order valence-electron chi connectivity index (χ0n) is 15.4. The van der Waals surface area contributed by atoms with E-state index in [9.17, 15) is 0 Å². The minimum atomic E-state index is 0.410. The van der Waals surface area contributed by atoms with Crippen LogP contribution in [0.2, 0.25) is 5.02 Å². The van der Waals surface area contributed by atoms with Crippen LogP contribution in [0, 0.1) is 0 Å². The molecule has 0 atom stereocenters. The topological polar surface area (TPSA) is 57.4 Å². The van der Waals surface area contributed by atoms with Gasteiger partial charge < -0.3 is 14.0 Å². The monoisotopic (exact) mass is 470 g/mol. The summed E-state index contributed by atoms with van der Waals surface area (Å²) in [6, 6.07) is 20.8. The largest absolute Gasteiger partial charge is 0.496 e. The molecule has 1 aromatic heterocycles. The molecular formula is C22H16BrClN2O3. The van der Waals surface area contributed by atoms with E-state index >= 15 is 0 Å². The molecule has 0 spiro atoms. The van der Waals surface area contributed by atoms with Crippen LogP contribution in [0.3, 0.4) is 0 Å². The molecule has 29 heavy (non-hydrogen) atoms. The summed E-state index contributed by atoms with van der Waals surface area (Å²) in [4.78, 5) is 4.51. The van der Waals surface area contributed by atoms with Crippen LogP contribution in [0.5, 0.6) is 11.5 Å². The average molecular weight is 472 g/mol. The zero-order valence-corrected chi connectivity index (χ0v) is 17.8. The van der Waals surface area contributed by atoms with E-state index in [4.69, 9.17) is 25.6 Å². The van der Waals surface area contributed by atoms with Crippen molar-refractivity contribution in [2.45, 2.75) is 6.61 Å². The summed E-state index contributed by atoms with van der Waals surface area (Å²) >= 11 is 9.52. The van der Waals surface area contributed by atoms with Crippen LogP contribution in [0.4, 0.5) is 0 Å². The number of aromatic nitrogens is 2. The highest BCUT2D eigenvalue weighted by molar-refractivity contribution is 9.10. The summed E-state index contributed by atoms with van der Waals surface area (Å²) < 4.78 is 17.7. The third kappa shape index (κ3) is 4.60. The first-order valence-electron chi connectivity index (χ1n) is 8.77. The van der Waals surface area contributed by atoms with Crippen LogP contribution < -0.4 is 9.47 Å². The molecule has 0 fully saturated rings. The van der Waals surface area contributed by atoms with E-state index in [1.165, 1.54) is 0 Å². The van der Waals surface area contributed by atoms with Gasteiger partial charge in [-0.15, -0.1) is 0 Å². The first kappa shape index (κ1) is 19.5. The number of rotatable bonds is 6. The van der Waals surface area contributed by atoms with Gasteiger partial charge in [0.25, 0.3) is 5.89 Å². The Morgan fingerprint density at radius 2 is 1.86 bits per heavy atom. The second-order valence-electron chi connectivity index (χ2n) is 6.21. The number of benzene rings is 3. The van der Waals surface area contributed by atoms with Crippen molar-refractivity contribution in [3.63, 3.8) is 0 Å². The van der Waals surface area contributed by atoms with Gasteiger partial charge in [0.15, 0.2) is 0 Å². The van der Waals surface area contributed by atoms with Crippen LogP contribution in [0.25, 0.3) is 22.8 Å². The molecule has 0 bridgehead atoms. The predicted molar refractivity (Wildman–Crippen MR) is 115 cm³/mol. The van der Waals surface area contributed by atoms with Crippen molar-refractivity contribution in [1.82, 2.24) is 10.1 Å². The van der Waals surface area contributed by atoms with Crippen LogP contribution in [0.15, 0.2) is 75.7 Å². The van der Waals surface area contributed by atoms with Gasteiger partial charge in [0, 0.05) is 15.1 Å². The number of hydrogen-bond acceptors (Lipinski definition) is 5. The fourth-order valence-electron chi connectivity index (χ4n) is 2.80. The van der Waals surface area contributed by atoms with Crippen LogP contribution in [0.1, 0.15) is 5.56 Å². The lowest BCUT2D eigenvalue weighted by molar-refractivity contribution is 0.306. The van der Waals surface area contributed by atoms with Gasteiger partial charge in [-0.3, -0.25) is 0 Å². The highest BCUT2D eigenvalue weighted by Crippen LogP contribution is 2.32. The zero-order chi connectivity index (χ0) is 20.2. The number of nitrogens with zero attached hydrogens (tertiary/aromatic N) is 2. The Hall–Kier alpha value is -2.83. The smallest absolute Gasteiger partial charge is 0.258 e.